The van der Waals surface area contributed by atoms with Crippen LogP contribution < -0.4 is 5.73 Å². The van der Waals surface area contributed by atoms with Crippen LogP contribution in [0.2, 0.25) is 0 Å². The van der Waals surface area contributed by atoms with Gasteiger partial charge in [-0.25, -0.2) is 8.42 Å². The lowest BCUT2D eigenvalue weighted by atomic mass is 9.90. The minimum Gasteiger partial charge on any atom is -0.329 e. The molecule has 1 atom stereocenters. The molecule has 0 aliphatic carbocycles. The second-order valence-corrected chi connectivity index (χ2v) is 7.11. The first-order valence-corrected chi connectivity index (χ1v) is 6.51. The highest BCUT2D eigenvalue weighted by molar-refractivity contribution is 7.91. The summed E-state index contributed by atoms with van der Waals surface area (Å²) in [6.45, 7) is 6.53. The Morgan fingerprint density at radius 1 is 1.31 bits per heavy atom. The zero-order valence-corrected chi connectivity index (χ0v) is 9.82. The molecule has 0 fully saturated rings. The van der Waals surface area contributed by atoms with E-state index in [1.165, 1.54) is 6.26 Å². The maximum atomic E-state index is 11.2. The lowest BCUT2D eigenvalue weighted by Crippen LogP contribution is -2.30. The average molecular weight is 207 g/mol. The van der Waals surface area contributed by atoms with Crippen molar-refractivity contribution in [2.75, 3.05) is 12.8 Å². The van der Waals surface area contributed by atoms with Crippen LogP contribution in [0.1, 0.15) is 33.6 Å². The van der Waals surface area contributed by atoms with Gasteiger partial charge in [-0.15, -0.1) is 0 Å². The van der Waals surface area contributed by atoms with Crippen molar-refractivity contribution in [1.82, 2.24) is 0 Å². The number of hydrogen-bond acceptors (Lipinski definition) is 3. The van der Waals surface area contributed by atoms with E-state index in [-0.39, 0.29) is 17.2 Å². The first kappa shape index (κ1) is 12.9. The molecule has 4 heteroatoms. The average Bonchev–Trinajstić information content (AvgIpc) is 1.82. The van der Waals surface area contributed by atoms with Crippen molar-refractivity contribution in [2.24, 2.45) is 11.1 Å². The third-order valence-corrected chi connectivity index (χ3v) is 3.72. The molecule has 0 aromatic carbocycles. The van der Waals surface area contributed by atoms with Crippen LogP contribution in [0.3, 0.4) is 0 Å². The molecule has 0 aliphatic rings. The molecule has 0 rings (SSSR count). The van der Waals surface area contributed by atoms with Crippen LogP contribution in [0.5, 0.6) is 0 Å². The lowest BCUT2D eigenvalue weighted by Gasteiger charge is -2.21. The first-order valence-electron chi connectivity index (χ1n) is 4.56. The largest absolute Gasteiger partial charge is 0.329 e. The van der Waals surface area contributed by atoms with Crippen LogP contribution in [0.25, 0.3) is 0 Å². The van der Waals surface area contributed by atoms with Gasteiger partial charge in [0, 0.05) is 12.8 Å². The molecule has 0 bridgehead atoms. The molecule has 3 nitrogen and oxygen atoms in total. The van der Waals surface area contributed by atoms with Crippen molar-refractivity contribution < 1.29 is 8.42 Å². The Bertz CT molecular complexity index is 239. The molecule has 1 unspecified atom stereocenters. The molecule has 0 aliphatic heterocycles. The van der Waals surface area contributed by atoms with E-state index in [9.17, 15) is 8.42 Å². The number of sulfone groups is 1. The fraction of sp³-hybridized carbons (Fsp3) is 1.00. The third-order valence-electron chi connectivity index (χ3n) is 2.08. The van der Waals surface area contributed by atoms with Gasteiger partial charge in [0.05, 0.1) is 5.25 Å². The summed E-state index contributed by atoms with van der Waals surface area (Å²) in [6, 6.07) is 0. The van der Waals surface area contributed by atoms with Crippen LogP contribution in [0, 0.1) is 5.41 Å². The molecule has 2 N–H and O–H groups in total. The summed E-state index contributed by atoms with van der Waals surface area (Å²) in [7, 11) is -2.96. The molecule has 0 heterocycles. The minimum atomic E-state index is -2.96. The van der Waals surface area contributed by atoms with E-state index < -0.39 is 9.84 Å². The maximum absolute atomic E-state index is 11.2. The van der Waals surface area contributed by atoms with Gasteiger partial charge in [-0.3, -0.25) is 0 Å². The lowest BCUT2D eigenvalue weighted by molar-refractivity contribution is 0.361. The summed E-state index contributed by atoms with van der Waals surface area (Å²) in [5.41, 5.74) is 5.59. The predicted octanol–water partition coefficient (Wildman–Crippen LogP) is 1.18. The summed E-state index contributed by atoms with van der Waals surface area (Å²) in [5.74, 6) is 0. The smallest absolute Gasteiger partial charge is 0.151 e. The summed E-state index contributed by atoms with van der Waals surface area (Å²) >= 11 is 0. The zero-order valence-electron chi connectivity index (χ0n) is 9.00. The van der Waals surface area contributed by atoms with Crippen LogP contribution in [-0.4, -0.2) is 26.5 Å². The van der Waals surface area contributed by atoms with Crippen molar-refractivity contribution in [3.05, 3.63) is 0 Å². The van der Waals surface area contributed by atoms with Gasteiger partial charge in [-0.05, 0) is 18.3 Å². The highest BCUT2D eigenvalue weighted by atomic mass is 32.2. The van der Waals surface area contributed by atoms with Crippen LogP contribution in [0.4, 0.5) is 0 Å². The summed E-state index contributed by atoms with van der Waals surface area (Å²) in [5, 5.41) is -0.369. The van der Waals surface area contributed by atoms with Gasteiger partial charge in [0.2, 0.25) is 0 Å². The van der Waals surface area contributed by atoms with Gasteiger partial charge in [-0.1, -0.05) is 20.8 Å². The van der Waals surface area contributed by atoms with Crippen molar-refractivity contribution in [3.63, 3.8) is 0 Å². The molecular weight excluding hydrogens is 186 g/mol. The second kappa shape index (κ2) is 4.42. The van der Waals surface area contributed by atoms with Gasteiger partial charge >= 0.3 is 0 Å². The molecule has 0 amide bonds. The van der Waals surface area contributed by atoms with E-state index in [4.69, 9.17) is 5.73 Å². The van der Waals surface area contributed by atoms with E-state index in [1.54, 1.807) is 0 Å². The Morgan fingerprint density at radius 3 is 2.00 bits per heavy atom. The molecule has 0 spiro atoms. The summed E-state index contributed by atoms with van der Waals surface area (Å²) in [6.07, 6.45) is 2.81. The maximum Gasteiger partial charge on any atom is 0.151 e. The van der Waals surface area contributed by atoms with E-state index in [2.05, 4.69) is 20.8 Å². The molecule has 0 radical (unpaired) electrons. The molecular formula is C9H21NO2S. The highest BCUT2D eigenvalue weighted by Gasteiger charge is 2.21. The van der Waals surface area contributed by atoms with Gasteiger partial charge in [0.25, 0.3) is 0 Å². The molecule has 0 aromatic rings. The van der Waals surface area contributed by atoms with Crippen LogP contribution in [0.15, 0.2) is 0 Å². The summed E-state index contributed by atoms with van der Waals surface area (Å²) < 4.78 is 22.4. The Morgan fingerprint density at radius 2 is 1.77 bits per heavy atom. The topological polar surface area (TPSA) is 60.2 Å². The SMILES string of the molecule is CC(C)(C)CCC(CN)S(C)(=O)=O. The Hall–Kier alpha value is -0.0900. The standard InChI is InChI=1S/C9H21NO2S/c1-9(2,3)6-5-8(7-10)13(4,11)12/h8H,5-7,10H2,1-4H3. The van der Waals surface area contributed by atoms with Gasteiger partial charge in [0.15, 0.2) is 9.84 Å². The van der Waals surface area contributed by atoms with E-state index in [1.807, 2.05) is 0 Å². The molecule has 13 heavy (non-hydrogen) atoms. The number of nitrogens with two attached hydrogens (primary N) is 1. The Kier molecular flexibility index (Phi) is 4.39. The summed E-state index contributed by atoms with van der Waals surface area (Å²) in [4.78, 5) is 0. The van der Waals surface area contributed by atoms with Crippen molar-refractivity contribution in [2.45, 2.75) is 38.9 Å². The minimum absolute atomic E-state index is 0.179. The van der Waals surface area contributed by atoms with Gasteiger partial charge in [-0.2, -0.15) is 0 Å². The Labute approximate surface area is 81.6 Å². The first-order chi connectivity index (χ1) is 5.67. The second-order valence-electron chi connectivity index (χ2n) is 4.79. The van der Waals surface area contributed by atoms with Gasteiger partial charge < -0.3 is 5.73 Å². The van der Waals surface area contributed by atoms with Crippen LogP contribution in [-0.2, 0) is 9.84 Å². The normalized spacial score (nSPS) is 15.8. The molecule has 0 saturated heterocycles. The molecule has 80 valence electrons. The van der Waals surface area contributed by atoms with Crippen molar-refractivity contribution in [3.8, 4) is 0 Å². The van der Waals surface area contributed by atoms with Crippen LogP contribution >= 0.6 is 0 Å². The fourth-order valence-corrected chi connectivity index (χ4v) is 2.00. The zero-order chi connectivity index (χ0) is 10.7. The predicted molar refractivity (Wildman–Crippen MR) is 56.4 cm³/mol. The molecule has 0 saturated carbocycles. The third kappa shape index (κ3) is 6.05. The number of rotatable bonds is 4. The fourth-order valence-electron chi connectivity index (χ4n) is 1.10. The van der Waals surface area contributed by atoms with Gasteiger partial charge in [0.1, 0.15) is 0 Å². The van der Waals surface area contributed by atoms with Crippen molar-refractivity contribution in [1.29, 1.82) is 0 Å². The van der Waals surface area contributed by atoms with Crippen molar-refractivity contribution >= 4 is 9.84 Å². The molecule has 0 aromatic heterocycles. The Balaban J connectivity index is 4.18. The van der Waals surface area contributed by atoms with E-state index >= 15 is 0 Å². The quantitative estimate of drug-likeness (QED) is 0.753. The number of hydrogen-bond donors (Lipinski definition) is 1. The monoisotopic (exact) mass is 207 g/mol. The highest BCUT2D eigenvalue weighted by Crippen LogP contribution is 2.23. The van der Waals surface area contributed by atoms with E-state index in [0.29, 0.717) is 6.42 Å². The van der Waals surface area contributed by atoms with E-state index in [0.717, 1.165) is 6.42 Å².